The molecule has 0 aromatic heterocycles. The van der Waals surface area contributed by atoms with E-state index in [2.05, 4.69) is 5.32 Å². The largest absolute Gasteiger partial charge is 0.493 e. The van der Waals surface area contributed by atoms with Crippen molar-refractivity contribution in [2.75, 3.05) is 13.2 Å². The van der Waals surface area contributed by atoms with E-state index < -0.39 is 6.10 Å². The van der Waals surface area contributed by atoms with Crippen LogP contribution in [0.25, 0.3) is 0 Å². The first-order valence-corrected chi connectivity index (χ1v) is 7.44. The van der Waals surface area contributed by atoms with Crippen molar-refractivity contribution in [2.24, 2.45) is 0 Å². The summed E-state index contributed by atoms with van der Waals surface area (Å²) in [5.41, 5.74) is 0.912. The lowest BCUT2D eigenvalue weighted by atomic mass is 9.98. The summed E-state index contributed by atoms with van der Waals surface area (Å²) in [6.45, 7) is 3.67. The van der Waals surface area contributed by atoms with Crippen LogP contribution in [0.4, 0.5) is 0 Å². The molecule has 3 heteroatoms. The fraction of sp³-hybridized carbons (Fsp3) is 0.625. The topological polar surface area (TPSA) is 41.5 Å². The predicted octanol–water partition coefficient (Wildman–Crippen LogP) is 3.04. The first-order valence-electron chi connectivity index (χ1n) is 7.44. The van der Waals surface area contributed by atoms with Crippen LogP contribution in [0.15, 0.2) is 24.3 Å². The van der Waals surface area contributed by atoms with Crippen LogP contribution in [0.5, 0.6) is 5.75 Å². The third-order valence-corrected chi connectivity index (χ3v) is 3.75. The number of aliphatic hydroxyl groups excluding tert-OH is 1. The summed E-state index contributed by atoms with van der Waals surface area (Å²) in [5, 5.41) is 14.0. The van der Waals surface area contributed by atoms with Gasteiger partial charge in [0, 0.05) is 11.6 Å². The molecule has 2 N–H and O–H groups in total. The number of rotatable bonds is 5. The van der Waals surface area contributed by atoms with Crippen molar-refractivity contribution < 1.29 is 9.84 Å². The monoisotopic (exact) mass is 263 g/mol. The fourth-order valence-electron chi connectivity index (χ4n) is 2.74. The molecule has 3 nitrogen and oxygen atoms in total. The zero-order chi connectivity index (χ0) is 13.5. The zero-order valence-corrected chi connectivity index (χ0v) is 11.8. The van der Waals surface area contributed by atoms with E-state index in [1.54, 1.807) is 0 Å². The van der Waals surface area contributed by atoms with Crippen molar-refractivity contribution in [2.45, 2.75) is 51.2 Å². The molecular weight excluding hydrogens is 238 g/mol. The Bertz CT molecular complexity index is 373. The number of aliphatic hydroxyl groups is 1. The highest BCUT2D eigenvalue weighted by molar-refractivity contribution is 5.35. The van der Waals surface area contributed by atoms with E-state index in [9.17, 15) is 5.11 Å². The Hall–Kier alpha value is -1.06. The van der Waals surface area contributed by atoms with Gasteiger partial charge in [-0.2, -0.15) is 0 Å². The molecule has 0 bridgehead atoms. The second-order valence-corrected chi connectivity index (χ2v) is 5.22. The van der Waals surface area contributed by atoms with Crippen LogP contribution >= 0.6 is 0 Å². The summed E-state index contributed by atoms with van der Waals surface area (Å²) in [7, 11) is 0. The van der Waals surface area contributed by atoms with Crippen LogP contribution in [-0.2, 0) is 0 Å². The van der Waals surface area contributed by atoms with Crippen LogP contribution in [0.1, 0.15) is 50.7 Å². The average molecular weight is 263 g/mol. The van der Waals surface area contributed by atoms with E-state index in [4.69, 9.17) is 4.74 Å². The number of nitrogens with one attached hydrogen (secondary N) is 1. The molecule has 0 saturated carbocycles. The molecular formula is C16H25NO2. The molecule has 1 heterocycles. The van der Waals surface area contributed by atoms with Crippen molar-refractivity contribution in [3.05, 3.63) is 29.8 Å². The van der Waals surface area contributed by atoms with Crippen LogP contribution in [0.3, 0.4) is 0 Å². The Morgan fingerprint density at radius 3 is 3.00 bits per heavy atom. The smallest absolute Gasteiger partial charge is 0.125 e. The summed E-state index contributed by atoms with van der Waals surface area (Å²) in [4.78, 5) is 0. The van der Waals surface area contributed by atoms with E-state index in [-0.39, 0.29) is 0 Å². The third kappa shape index (κ3) is 4.22. The van der Waals surface area contributed by atoms with Gasteiger partial charge >= 0.3 is 0 Å². The molecule has 106 valence electrons. The van der Waals surface area contributed by atoms with E-state index in [1.807, 2.05) is 31.2 Å². The van der Waals surface area contributed by atoms with Crippen LogP contribution < -0.4 is 10.1 Å². The van der Waals surface area contributed by atoms with E-state index >= 15 is 0 Å². The molecule has 1 aliphatic heterocycles. The van der Waals surface area contributed by atoms with E-state index in [0.29, 0.717) is 12.6 Å². The lowest BCUT2D eigenvalue weighted by molar-refractivity contribution is 0.145. The molecule has 1 aromatic rings. The maximum atomic E-state index is 10.5. The van der Waals surface area contributed by atoms with Crippen molar-refractivity contribution >= 4 is 0 Å². The summed E-state index contributed by atoms with van der Waals surface area (Å²) in [6, 6.07) is 8.23. The van der Waals surface area contributed by atoms with Gasteiger partial charge in [-0.25, -0.2) is 0 Å². The minimum Gasteiger partial charge on any atom is -0.493 e. The maximum Gasteiger partial charge on any atom is 0.125 e. The summed E-state index contributed by atoms with van der Waals surface area (Å²) in [6.07, 6.45) is 5.30. The Balaban J connectivity index is 2.00. The molecule has 1 saturated heterocycles. The summed E-state index contributed by atoms with van der Waals surface area (Å²) < 4.78 is 5.59. The van der Waals surface area contributed by atoms with E-state index in [1.165, 1.54) is 19.3 Å². The highest BCUT2D eigenvalue weighted by atomic mass is 16.5. The van der Waals surface area contributed by atoms with Gasteiger partial charge in [0.15, 0.2) is 0 Å². The molecule has 2 rings (SSSR count). The molecule has 1 fully saturated rings. The van der Waals surface area contributed by atoms with Crippen molar-refractivity contribution in [3.63, 3.8) is 0 Å². The lowest BCUT2D eigenvalue weighted by Crippen LogP contribution is -2.30. The first kappa shape index (κ1) is 14.4. The minimum atomic E-state index is -0.446. The average Bonchev–Trinajstić information content (AvgIpc) is 2.68. The van der Waals surface area contributed by atoms with Gasteiger partial charge in [0.25, 0.3) is 0 Å². The van der Waals surface area contributed by atoms with Gasteiger partial charge in [-0.3, -0.25) is 0 Å². The van der Waals surface area contributed by atoms with Crippen molar-refractivity contribution in [1.29, 1.82) is 0 Å². The molecule has 0 spiro atoms. The van der Waals surface area contributed by atoms with Crippen LogP contribution in [0, 0.1) is 0 Å². The Kier molecular flexibility index (Phi) is 5.67. The first-order chi connectivity index (χ1) is 9.31. The van der Waals surface area contributed by atoms with E-state index in [0.717, 1.165) is 30.7 Å². The highest BCUT2D eigenvalue weighted by Crippen LogP contribution is 2.29. The number of hydrogen-bond donors (Lipinski definition) is 2. The molecule has 1 aliphatic rings. The number of hydrogen-bond acceptors (Lipinski definition) is 3. The summed E-state index contributed by atoms with van der Waals surface area (Å²) >= 11 is 0. The Morgan fingerprint density at radius 1 is 1.32 bits per heavy atom. The Labute approximate surface area is 116 Å². The molecule has 0 radical (unpaired) electrons. The molecule has 0 amide bonds. The molecule has 1 aromatic carbocycles. The lowest BCUT2D eigenvalue weighted by Gasteiger charge is -2.21. The number of ether oxygens (including phenoxy) is 1. The van der Waals surface area contributed by atoms with Gasteiger partial charge in [-0.15, -0.1) is 0 Å². The number of benzene rings is 1. The van der Waals surface area contributed by atoms with Gasteiger partial charge in [-0.05, 0) is 38.8 Å². The van der Waals surface area contributed by atoms with Crippen molar-refractivity contribution in [3.8, 4) is 5.75 Å². The van der Waals surface area contributed by atoms with Gasteiger partial charge in [0.1, 0.15) is 5.75 Å². The summed E-state index contributed by atoms with van der Waals surface area (Å²) in [5.74, 6) is 0.811. The molecule has 2 unspecified atom stereocenters. The van der Waals surface area contributed by atoms with Crippen LogP contribution in [0.2, 0.25) is 0 Å². The SMILES string of the molecule is CCOc1ccccc1C(O)CC1CCCCCN1. The van der Waals surface area contributed by atoms with Gasteiger partial charge in [0.2, 0.25) is 0 Å². The quantitative estimate of drug-likeness (QED) is 0.858. The minimum absolute atomic E-state index is 0.423. The van der Waals surface area contributed by atoms with Gasteiger partial charge in [-0.1, -0.05) is 31.0 Å². The third-order valence-electron chi connectivity index (χ3n) is 3.75. The zero-order valence-electron chi connectivity index (χ0n) is 11.8. The van der Waals surface area contributed by atoms with Gasteiger partial charge < -0.3 is 15.2 Å². The second-order valence-electron chi connectivity index (χ2n) is 5.22. The second kappa shape index (κ2) is 7.51. The predicted molar refractivity (Wildman–Crippen MR) is 77.4 cm³/mol. The molecule has 0 aliphatic carbocycles. The standard InChI is InChI=1S/C16H25NO2/c1-2-19-16-10-6-5-9-14(16)15(18)12-13-8-4-3-7-11-17-13/h5-6,9-10,13,15,17-18H,2-4,7-8,11-12H2,1H3. The molecule has 2 atom stereocenters. The maximum absolute atomic E-state index is 10.5. The fourth-order valence-corrected chi connectivity index (χ4v) is 2.74. The Morgan fingerprint density at radius 2 is 2.16 bits per heavy atom. The van der Waals surface area contributed by atoms with Crippen molar-refractivity contribution in [1.82, 2.24) is 5.32 Å². The highest BCUT2D eigenvalue weighted by Gasteiger charge is 2.19. The number of para-hydroxylation sites is 1. The normalized spacial score (nSPS) is 21.7. The molecule has 19 heavy (non-hydrogen) atoms. The van der Waals surface area contributed by atoms with Crippen LogP contribution in [-0.4, -0.2) is 24.3 Å². The van der Waals surface area contributed by atoms with Gasteiger partial charge in [0.05, 0.1) is 12.7 Å².